The number of likely N-dealkylation sites (tertiary alicyclic amines) is 1. The number of nitrogens with one attached hydrogen (secondary N) is 1. The lowest BCUT2D eigenvalue weighted by atomic mass is 9.84. The van der Waals surface area contributed by atoms with E-state index in [0.29, 0.717) is 24.6 Å². The van der Waals surface area contributed by atoms with Crippen LogP contribution < -0.4 is 0 Å². The van der Waals surface area contributed by atoms with Crippen molar-refractivity contribution in [1.29, 1.82) is 0 Å². The van der Waals surface area contributed by atoms with E-state index in [9.17, 15) is 31.5 Å². The zero-order valence-corrected chi connectivity index (χ0v) is 18.3. The Morgan fingerprint density at radius 1 is 1.12 bits per heavy atom. The molecule has 7 nitrogen and oxygen atoms in total. The molecule has 12 heteroatoms. The number of halogens is 5. The van der Waals surface area contributed by atoms with Crippen molar-refractivity contribution >= 4 is 12.0 Å². The van der Waals surface area contributed by atoms with Crippen molar-refractivity contribution in [3.05, 3.63) is 51.8 Å². The van der Waals surface area contributed by atoms with Crippen molar-refractivity contribution in [1.82, 2.24) is 20.0 Å². The Morgan fingerprint density at radius 3 is 2.47 bits per heavy atom. The van der Waals surface area contributed by atoms with Gasteiger partial charge < -0.3 is 14.5 Å². The number of benzene rings is 1. The molecule has 3 heterocycles. The Balaban J connectivity index is 1.50. The molecule has 1 N–H and O–H groups in total. The molecule has 1 saturated heterocycles. The van der Waals surface area contributed by atoms with Crippen LogP contribution >= 0.6 is 0 Å². The highest BCUT2D eigenvalue weighted by atomic mass is 19.3. The molecule has 34 heavy (non-hydrogen) atoms. The molecule has 2 aliphatic heterocycles. The second kappa shape index (κ2) is 9.59. The van der Waals surface area contributed by atoms with Crippen LogP contribution in [0.5, 0.6) is 0 Å². The molecule has 2 amide bonds. The van der Waals surface area contributed by atoms with Gasteiger partial charge in [0.1, 0.15) is 11.6 Å². The van der Waals surface area contributed by atoms with Crippen LogP contribution in [0.4, 0.5) is 26.7 Å². The minimum atomic E-state index is -3.45. The topological polar surface area (TPSA) is 78.5 Å². The summed E-state index contributed by atoms with van der Waals surface area (Å²) in [5.74, 6) is -3.30. The van der Waals surface area contributed by atoms with Crippen molar-refractivity contribution in [2.24, 2.45) is 0 Å². The maximum Gasteiger partial charge on any atom is 0.409 e. The first-order valence-corrected chi connectivity index (χ1v) is 10.8. The predicted octanol–water partition coefficient (Wildman–Crippen LogP) is 4.11. The summed E-state index contributed by atoms with van der Waals surface area (Å²) in [4.78, 5) is 27.9. The van der Waals surface area contributed by atoms with Gasteiger partial charge in [-0.05, 0) is 30.4 Å². The lowest BCUT2D eigenvalue weighted by molar-refractivity contribution is 0.0464. The number of aromatic amines is 1. The second-order valence-electron chi connectivity index (χ2n) is 8.36. The maximum atomic E-state index is 14.2. The third-order valence-electron chi connectivity index (χ3n) is 6.41. The fourth-order valence-corrected chi connectivity index (χ4v) is 4.66. The van der Waals surface area contributed by atoms with Gasteiger partial charge in [-0.15, -0.1) is 0 Å². The van der Waals surface area contributed by atoms with Crippen LogP contribution in [0.2, 0.25) is 0 Å². The largest absolute Gasteiger partial charge is 0.453 e. The first kappa shape index (κ1) is 24.0. The summed E-state index contributed by atoms with van der Waals surface area (Å²) in [5.41, 5.74) is 0.546. The number of hydrogen-bond donors (Lipinski definition) is 1. The van der Waals surface area contributed by atoms with Crippen molar-refractivity contribution < 1.29 is 36.3 Å². The molecule has 1 atom stereocenters. The van der Waals surface area contributed by atoms with Gasteiger partial charge in [0.25, 0.3) is 12.3 Å². The molecule has 2 aromatic rings. The van der Waals surface area contributed by atoms with Crippen LogP contribution in [0, 0.1) is 11.6 Å². The fraction of sp³-hybridized carbons (Fsp3) is 0.500. The summed E-state index contributed by atoms with van der Waals surface area (Å²) >= 11 is 0. The van der Waals surface area contributed by atoms with Gasteiger partial charge in [0.05, 0.1) is 13.7 Å². The highest BCUT2D eigenvalue weighted by Crippen LogP contribution is 2.38. The van der Waals surface area contributed by atoms with Gasteiger partial charge >= 0.3 is 6.09 Å². The third-order valence-corrected chi connectivity index (χ3v) is 6.41. The van der Waals surface area contributed by atoms with E-state index in [1.165, 1.54) is 16.9 Å². The first-order chi connectivity index (χ1) is 16.2. The Hall–Kier alpha value is -3.18. The SMILES string of the molecule is COC(=O)N1CCc2[nH]nc(C(=O)N3CCC(c4cc(F)cc(F)c4C(F)C(F)F)CC3)c2C1. The number of H-pyrrole nitrogens is 1. The number of fused-ring (bicyclic) bond motifs is 1. The summed E-state index contributed by atoms with van der Waals surface area (Å²) in [7, 11) is 1.27. The maximum absolute atomic E-state index is 14.2. The van der Waals surface area contributed by atoms with Gasteiger partial charge in [0.15, 0.2) is 11.9 Å². The highest BCUT2D eigenvalue weighted by molar-refractivity contribution is 5.94. The minimum Gasteiger partial charge on any atom is -0.453 e. The molecule has 0 radical (unpaired) electrons. The molecule has 1 aromatic carbocycles. The summed E-state index contributed by atoms with van der Waals surface area (Å²) in [6.45, 7) is 0.902. The molecule has 4 rings (SSSR count). The Bertz CT molecular complexity index is 1080. The van der Waals surface area contributed by atoms with Crippen LogP contribution in [0.15, 0.2) is 12.1 Å². The van der Waals surface area contributed by atoms with Crippen LogP contribution in [0.3, 0.4) is 0 Å². The normalized spacial score (nSPS) is 17.6. The van der Waals surface area contributed by atoms with E-state index in [4.69, 9.17) is 4.74 Å². The quantitative estimate of drug-likeness (QED) is 0.660. The van der Waals surface area contributed by atoms with E-state index in [0.717, 1.165) is 11.8 Å². The molecule has 0 bridgehead atoms. The molecule has 0 spiro atoms. The number of carbonyl (C=O) groups is 2. The van der Waals surface area contributed by atoms with Crippen molar-refractivity contribution in [2.45, 2.75) is 44.3 Å². The molecule has 1 fully saturated rings. The monoisotopic (exact) mass is 486 g/mol. The van der Waals surface area contributed by atoms with Crippen LogP contribution in [-0.2, 0) is 17.7 Å². The number of aromatic nitrogens is 2. The van der Waals surface area contributed by atoms with Gasteiger partial charge in [-0.3, -0.25) is 9.89 Å². The standard InChI is InChI=1S/C22H23F5N4O3/c1-34-22(33)31-7-4-16-14(10-31)19(29-28-16)21(32)30-5-2-11(3-6-30)13-8-12(23)9-15(24)17(13)18(25)20(26)27/h8-9,11,18,20H,2-7,10H2,1H3,(H,28,29). The molecule has 0 aliphatic carbocycles. The van der Waals surface area contributed by atoms with E-state index in [1.54, 1.807) is 0 Å². The van der Waals surface area contributed by atoms with E-state index in [2.05, 4.69) is 10.2 Å². The Kier molecular flexibility index (Phi) is 6.76. The van der Waals surface area contributed by atoms with Crippen molar-refractivity contribution in [3.63, 3.8) is 0 Å². The molecule has 1 aromatic heterocycles. The van der Waals surface area contributed by atoms with Gasteiger partial charge in [-0.2, -0.15) is 5.10 Å². The number of piperidine rings is 1. The molecule has 1 unspecified atom stereocenters. The van der Waals surface area contributed by atoms with Crippen LogP contribution in [-0.4, -0.2) is 65.2 Å². The molecule has 2 aliphatic rings. The number of carbonyl (C=O) groups excluding carboxylic acids is 2. The number of nitrogens with zero attached hydrogens (tertiary/aromatic N) is 3. The highest BCUT2D eigenvalue weighted by Gasteiger charge is 2.35. The third kappa shape index (κ3) is 4.45. The number of alkyl halides is 3. The summed E-state index contributed by atoms with van der Waals surface area (Å²) in [6, 6.07) is 1.28. The summed E-state index contributed by atoms with van der Waals surface area (Å²) in [5, 5.41) is 6.95. The van der Waals surface area contributed by atoms with Crippen LogP contribution in [0.1, 0.15) is 57.8 Å². The second-order valence-corrected chi connectivity index (χ2v) is 8.36. The first-order valence-electron chi connectivity index (χ1n) is 10.8. The number of ether oxygens (including phenoxy) is 1. The smallest absolute Gasteiger partial charge is 0.409 e. The van der Waals surface area contributed by atoms with Crippen molar-refractivity contribution in [2.75, 3.05) is 26.7 Å². The molecular formula is C22H23F5N4O3. The number of methoxy groups -OCH3 is 1. The fourth-order valence-electron chi connectivity index (χ4n) is 4.66. The minimum absolute atomic E-state index is 0.136. The van der Waals surface area contributed by atoms with E-state index >= 15 is 0 Å². The van der Waals surface area contributed by atoms with E-state index < -0.39 is 41.8 Å². The van der Waals surface area contributed by atoms with E-state index in [-0.39, 0.29) is 49.6 Å². The number of amides is 2. The Morgan fingerprint density at radius 2 is 1.82 bits per heavy atom. The van der Waals surface area contributed by atoms with Gasteiger partial charge in [0.2, 0.25) is 0 Å². The summed E-state index contributed by atoms with van der Waals surface area (Å²) < 4.78 is 72.8. The molecular weight excluding hydrogens is 463 g/mol. The van der Waals surface area contributed by atoms with Crippen LogP contribution in [0.25, 0.3) is 0 Å². The van der Waals surface area contributed by atoms with Gasteiger partial charge in [-0.1, -0.05) is 0 Å². The predicted molar refractivity (Wildman–Crippen MR) is 109 cm³/mol. The van der Waals surface area contributed by atoms with Crippen molar-refractivity contribution in [3.8, 4) is 0 Å². The average Bonchev–Trinajstić information content (AvgIpc) is 3.25. The van der Waals surface area contributed by atoms with Gasteiger partial charge in [0, 0.05) is 48.9 Å². The zero-order valence-electron chi connectivity index (χ0n) is 18.3. The van der Waals surface area contributed by atoms with Gasteiger partial charge in [-0.25, -0.2) is 26.7 Å². The summed E-state index contributed by atoms with van der Waals surface area (Å²) in [6.07, 6.45) is -5.94. The van der Waals surface area contributed by atoms with E-state index in [1.807, 2.05) is 0 Å². The lowest BCUT2D eigenvalue weighted by Crippen LogP contribution is -2.40. The number of hydrogen-bond acceptors (Lipinski definition) is 4. The zero-order chi connectivity index (χ0) is 24.6. The molecule has 0 saturated carbocycles. The average molecular weight is 486 g/mol. The lowest BCUT2D eigenvalue weighted by Gasteiger charge is -2.33. The Labute approximate surface area is 191 Å². The number of rotatable bonds is 4. The molecule has 184 valence electrons.